The van der Waals surface area contributed by atoms with Crippen LogP contribution in [0.2, 0.25) is 0 Å². The number of hydrogen-bond donors (Lipinski definition) is 1. The molecule has 2 unspecified atom stereocenters. The summed E-state index contributed by atoms with van der Waals surface area (Å²) < 4.78 is 0. The molecule has 0 aromatic carbocycles. The van der Waals surface area contributed by atoms with E-state index >= 15 is 0 Å². The van der Waals surface area contributed by atoms with E-state index in [9.17, 15) is 34.5 Å². The fourth-order valence-corrected chi connectivity index (χ4v) is 0.998. The summed E-state index contributed by atoms with van der Waals surface area (Å²) in [5.41, 5.74) is 0. The molecule has 18 heavy (non-hydrogen) atoms. The van der Waals surface area contributed by atoms with Gasteiger partial charge in [-0.05, 0) is 6.42 Å². The van der Waals surface area contributed by atoms with Gasteiger partial charge in [-0.3, -0.25) is 0 Å². The summed E-state index contributed by atoms with van der Waals surface area (Å²) in [5, 5.41) is 38.8. The van der Waals surface area contributed by atoms with Gasteiger partial charge in [0.2, 0.25) is 0 Å². The van der Waals surface area contributed by atoms with Crippen molar-refractivity contribution in [1.29, 1.82) is 0 Å². The van der Waals surface area contributed by atoms with Crippen molar-refractivity contribution < 1.29 is 44.6 Å². The van der Waals surface area contributed by atoms with Crippen molar-refractivity contribution in [3.63, 3.8) is 0 Å². The molecular weight excluding hydrogens is 308 g/mol. The molecule has 11 heteroatoms. The van der Waals surface area contributed by atoms with Crippen LogP contribution in [0.1, 0.15) is 6.42 Å². The summed E-state index contributed by atoms with van der Waals surface area (Å²) in [6.45, 7) is 0. The molecule has 0 saturated heterocycles. The van der Waals surface area contributed by atoms with E-state index in [0.29, 0.717) is 0 Å². The Bertz CT molecular complexity index is 329. The average molecular weight is 313 g/mol. The standard InChI is InChI=1S/C7H8O9.2Ca/c8-3(9)1-2(5(10)11)4(6(12)13)7(14)16-15;;/h2,4,15H,1H2,(H,8,9)(H,10,11)(H,12,13);;/q;2*+2/p-3. The van der Waals surface area contributed by atoms with Crippen LogP contribution < -0.4 is 15.3 Å². The van der Waals surface area contributed by atoms with Gasteiger partial charge in [-0.2, -0.15) is 5.26 Å². The molecule has 0 aliphatic carbocycles. The average Bonchev–Trinajstić information content (AvgIpc) is 2.14. The molecule has 0 aliphatic rings. The molecule has 0 radical (unpaired) electrons. The Morgan fingerprint density at radius 2 is 1.44 bits per heavy atom. The summed E-state index contributed by atoms with van der Waals surface area (Å²) in [7, 11) is 0. The zero-order chi connectivity index (χ0) is 12.9. The number of carbonyl (C=O) groups is 4. The molecule has 0 amide bonds. The minimum atomic E-state index is -2.49. The van der Waals surface area contributed by atoms with Crippen molar-refractivity contribution in [2.75, 3.05) is 0 Å². The second kappa shape index (κ2) is 11.2. The molecule has 9 nitrogen and oxygen atoms in total. The van der Waals surface area contributed by atoms with E-state index in [-0.39, 0.29) is 75.5 Å². The first kappa shape index (κ1) is 23.5. The maximum atomic E-state index is 10.7. The summed E-state index contributed by atoms with van der Waals surface area (Å²) in [6, 6.07) is 0. The van der Waals surface area contributed by atoms with Crippen LogP contribution in [0.25, 0.3) is 0 Å². The molecule has 1 N–H and O–H groups in total. The van der Waals surface area contributed by atoms with Gasteiger partial charge < -0.3 is 34.6 Å². The molecule has 0 rings (SSSR count). The van der Waals surface area contributed by atoms with E-state index in [0.717, 1.165) is 0 Å². The summed E-state index contributed by atoms with van der Waals surface area (Å²) >= 11 is 0. The Kier molecular flexibility index (Phi) is 14.6. The number of rotatable bonds is 6. The number of carboxylic acids is 3. The predicted octanol–water partition coefficient (Wildman–Crippen LogP) is -5.89. The van der Waals surface area contributed by atoms with Crippen molar-refractivity contribution >= 4 is 99.4 Å². The van der Waals surface area contributed by atoms with Crippen molar-refractivity contribution in [2.45, 2.75) is 6.42 Å². The Hall–Kier alpha value is 0.359. The fourth-order valence-electron chi connectivity index (χ4n) is 0.998. The van der Waals surface area contributed by atoms with Crippen LogP contribution >= 0.6 is 0 Å². The SMILES string of the molecule is O=C([O-])CC(C(=O)[O-])C(C(=O)[O-])C(=O)OO.[Ca+2].[Ca+2]. The van der Waals surface area contributed by atoms with Gasteiger partial charge in [0.05, 0.1) is 5.97 Å². The van der Waals surface area contributed by atoms with E-state index in [1.54, 1.807) is 0 Å². The monoisotopic (exact) mass is 313 g/mol. The van der Waals surface area contributed by atoms with Crippen LogP contribution in [0.15, 0.2) is 0 Å². The van der Waals surface area contributed by atoms with E-state index in [1.807, 2.05) is 0 Å². The fraction of sp³-hybridized carbons (Fsp3) is 0.429. The second-order valence-corrected chi connectivity index (χ2v) is 2.71. The molecule has 0 aromatic rings. The third-order valence-corrected chi connectivity index (χ3v) is 1.69. The van der Waals surface area contributed by atoms with Gasteiger partial charge in [-0.25, -0.2) is 4.79 Å². The van der Waals surface area contributed by atoms with Crippen molar-refractivity contribution in [3.8, 4) is 0 Å². The normalized spacial score (nSPS) is 12.1. The van der Waals surface area contributed by atoms with Gasteiger partial charge in [0.25, 0.3) is 0 Å². The smallest absolute Gasteiger partial charge is 0.550 e. The predicted molar refractivity (Wildman–Crippen MR) is 46.8 cm³/mol. The molecule has 0 saturated carbocycles. The Labute approximate surface area is 160 Å². The first-order valence-corrected chi connectivity index (χ1v) is 3.78. The van der Waals surface area contributed by atoms with Gasteiger partial charge in [0.1, 0.15) is 5.92 Å². The third-order valence-electron chi connectivity index (χ3n) is 1.69. The number of hydrogen-bond acceptors (Lipinski definition) is 9. The van der Waals surface area contributed by atoms with Crippen LogP contribution in [0, 0.1) is 11.8 Å². The number of carboxylic acid groups (broad SMARTS) is 3. The third kappa shape index (κ3) is 7.72. The van der Waals surface area contributed by atoms with E-state index in [4.69, 9.17) is 5.26 Å². The Morgan fingerprint density at radius 1 is 1.00 bits per heavy atom. The molecule has 0 fully saturated rings. The molecular formula is C7H5Ca2O9+. The second-order valence-electron chi connectivity index (χ2n) is 2.71. The molecule has 0 bridgehead atoms. The summed E-state index contributed by atoms with van der Waals surface area (Å²) in [4.78, 5) is 44.6. The van der Waals surface area contributed by atoms with Crippen LogP contribution in [0.3, 0.4) is 0 Å². The first-order valence-electron chi connectivity index (χ1n) is 3.78. The van der Waals surface area contributed by atoms with Crippen LogP contribution in [-0.2, 0) is 24.1 Å². The summed E-state index contributed by atoms with van der Waals surface area (Å²) in [6.07, 6.45) is -1.30. The van der Waals surface area contributed by atoms with Gasteiger partial charge >= 0.3 is 81.4 Å². The van der Waals surface area contributed by atoms with Gasteiger partial charge in [-0.1, -0.05) is 0 Å². The Balaban J connectivity index is -0.00000112. The zero-order valence-electron chi connectivity index (χ0n) is 8.99. The molecule has 0 spiro atoms. The topological polar surface area (TPSA) is 167 Å². The maximum absolute atomic E-state index is 10.7. The van der Waals surface area contributed by atoms with Crippen molar-refractivity contribution in [2.24, 2.45) is 11.8 Å². The molecule has 0 heterocycles. The molecule has 0 aromatic heterocycles. The Morgan fingerprint density at radius 3 is 1.67 bits per heavy atom. The molecule has 0 aliphatic heterocycles. The molecule has 90 valence electrons. The van der Waals surface area contributed by atoms with Crippen molar-refractivity contribution in [1.82, 2.24) is 0 Å². The zero-order valence-corrected chi connectivity index (χ0v) is 13.4. The first-order chi connectivity index (χ1) is 7.31. The van der Waals surface area contributed by atoms with Gasteiger partial charge in [0, 0.05) is 17.9 Å². The maximum Gasteiger partial charge on any atom is 2.00 e. The van der Waals surface area contributed by atoms with Crippen LogP contribution in [-0.4, -0.2) is 105 Å². The van der Waals surface area contributed by atoms with E-state index in [2.05, 4.69) is 4.89 Å². The quantitative estimate of drug-likeness (QED) is 0.217. The minimum absolute atomic E-state index is 0. The summed E-state index contributed by atoms with van der Waals surface area (Å²) in [5.74, 6) is -12.9. The number of carbonyl (C=O) groups excluding carboxylic acids is 4. The van der Waals surface area contributed by atoms with Gasteiger partial charge in [-0.15, -0.1) is 0 Å². The van der Waals surface area contributed by atoms with E-state index < -0.39 is 42.1 Å². The largest absolute Gasteiger partial charge is 2.00 e. The van der Waals surface area contributed by atoms with Crippen molar-refractivity contribution in [3.05, 3.63) is 0 Å². The number of aliphatic carboxylic acids is 3. The van der Waals surface area contributed by atoms with Gasteiger partial charge in [0.15, 0.2) is 0 Å². The van der Waals surface area contributed by atoms with Crippen LogP contribution in [0.5, 0.6) is 0 Å². The van der Waals surface area contributed by atoms with Crippen LogP contribution in [0.4, 0.5) is 0 Å². The van der Waals surface area contributed by atoms with E-state index in [1.165, 1.54) is 0 Å². The molecule has 2 atom stereocenters. The minimum Gasteiger partial charge on any atom is -0.550 e.